The number of nitrogens with zero attached hydrogens (tertiary/aromatic N) is 3. The van der Waals surface area contributed by atoms with Crippen LogP contribution < -0.4 is 26.8 Å². The van der Waals surface area contributed by atoms with Crippen molar-refractivity contribution >= 4 is 34.4 Å². The maximum atomic E-state index is 13.1. The molecular formula is C25H33N7O4. The minimum absolute atomic E-state index is 0.0754. The Morgan fingerprint density at radius 1 is 1.17 bits per heavy atom. The maximum absolute atomic E-state index is 13.1. The molecule has 2 amide bonds. The standard InChI is InChI=1S/C25H33N7O4/c1-3-4-10-18(23(34)26-16-8-7-9-17(15-16)32-13-5-6-14-32)27-20(33)12-11-19-28-21-22(29-19)31(2)25(36)30-24(21)35/h7-9,15,18H,3-6,10-14H2,1-2H3,(H,26,34)(H,27,33)(H,28,29)(H,30,35,36)/t18-/m1/s1. The van der Waals surface area contributed by atoms with Gasteiger partial charge in [-0.25, -0.2) is 9.78 Å². The van der Waals surface area contributed by atoms with E-state index in [-0.39, 0.29) is 35.8 Å². The van der Waals surface area contributed by atoms with Crippen LogP contribution in [0.2, 0.25) is 0 Å². The molecule has 192 valence electrons. The molecule has 0 spiro atoms. The average molecular weight is 496 g/mol. The van der Waals surface area contributed by atoms with Crippen LogP contribution in [0.15, 0.2) is 33.9 Å². The van der Waals surface area contributed by atoms with Crippen LogP contribution in [0.1, 0.15) is 51.3 Å². The minimum Gasteiger partial charge on any atom is -0.371 e. The first-order valence-electron chi connectivity index (χ1n) is 12.5. The van der Waals surface area contributed by atoms with Gasteiger partial charge in [-0.2, -0.15) is 0 Å². The Hall–Kier alpha value is -3.89. The Morgan fingerprint density at radius 3 is 2.69 bits per heavy atom. The van der Waals surface area contributed by atoms with Crippen molar-refractivity contribution in [2.24, 2.45) is 7.05 Å². The summed E-state index contributed by atoms with van der Waals surface area (Å²) in [5, 5.41) is 5.81. The third-order valence-electron chi connectivity index (χ3n) is 6.48. The second kappa shape index (κ2) is 11.2. The van der Waals surface area contributed by atoms with Crippen LogP contribution in [0.3, 0.4) is 0 Å². The fourth-order valence-corrected chi connectivity index (χ4v) is 4.43. The highest BCUT2D eigenvalue weighted by molar-refractivity contribution is 5.97. The maximum Gasteiger partial charge on any atom is 0.329 e. The van der Waals surface area contributed by atoms with E-state index in [0.717, 1.165) is 31.6 Å². The third-order valence-corrected chi connectivity index (χ3v) is 6.48. The number of carbonyl (C=O) groups is 2. The van der Waals surface area contributed by atoms with Gasteiger partial charge in [-0.15, -0.1) is 0 Å². The van der Waals surface area contributed by atoms with Crippen LogP contribution in [0.25, 0.3) is 11.2 Å². The topological polar surface area (TPSA) is 145 Å². The van der Waals surface area contributed by atoms with Gasteiger partial charge in [0.25, 0.3) is 5.56 Å². The number of nitrogens with one attached hydrogen (secondary N) is 4. The van der Waals surface area contributed by atoms with Crippen molar-refractivity contribution in [2.45, 2.75) is 57.9 Å². The quantitative estimate of drug-likeness (QED) is 0.337. The number of anilines is 2. The highest BCUT2D eigenvalue weighted by atomic mass is 16.2. The zero-order valence-corrected chi connectivity index (χ0v) is 20.7. The van der Waals surface area contributed by atoms with Gasteiger partial charge in [-0.05, 0) is 37.5 Å². The monoisotopic (exact) mass is 495 g/mol. The molecule has 4 rings (SSSR count). The Balaban J connectivity index is 1.38. The molecule has 4 N–H and O–H groups in total. The number of aromatic amines is 2. The van der Waals surface area contributed by atoms with E-state index in [1.165, 1.54) is 24.5 Å². The van der Waals surface area contributed by atoms with E-state index in [4.69, 9.17) is 0 Å². The third kappa shape index (κ3) is 5.84. The van der Waals surface area contributed by atoms with Crippen molar-refractivity contribution in [1.82, 2.24) is 24.8 Å². The molecule has 1 saturated heterocycles. The van der Waals surface area contributed by atoms with Crippen LogP contribution in [-0.2, 0) is 23.1 Å². The molecule has 3 aromatic rings. The van der Waals surface area contributed by atoms with Crippen molar-refractivity contribution in [3.63, 3.8) is 0 Å². The number of aromatic nitrogens is 4. The summed E-state index contributed by atoms with van der Waals surface area (Å²) in [6, 6.07) is 7.14. The number of rotatable bonds is 10. The number of carbonyl (C=O) groups excluding carboxylic acids is 2. The summed E-state index contributed by atoms with van der Waals surface area (Å²) in [6.07, 6.45) is 4.87. The van der Waals surface area contributed by atoms with Gasteiger partial charge in [-0.3, -0.25) is 23.9 Å². The number of aryl methyl sites for hydroxylation is 2. The number of benzene rings is 1. The van der Waals surface area contributed by atoms with Gasteiger partial charge >= 0.3 is 5.69 Å². The van der Waals surface area contributed by atoms with Gasteiger partial charge in [0.05, 0.1) is 0 Å². The molecule has 1 atom stereocenters. The van der Waals surface area contributed by atoms with Gasteiger partial charge in [0.2, 0.25) is 11.8 Å². The molecule has 36 heavy (non-hydrogen) atoms. The SMILES string of the molecule is CCCC[C@@H](NC(=O)CCc1nc2c([nH]1)c(=O)[nH]c(=O)n2C)C(=O)Nc1cccc(N2CCCC2)c1. The van der Waals surface area contributed by atoms with Crippen molar-refractivity contribution in [1.29, 1.82) is 0 Å². The Labute approximate surface area is 208 Å². The van der Waals surface area contributed by atoms with Crippen LogP contribution >= 0.6 is 0 Å². The van der Waals surface area contributed by atoms with Gasteiger partial charge in [0.1, 0.15) is 17.4 Å². The van der Waals surface area contributed by atoms with E-state index < -0.39 is 17.3 Å². The fourth-order valence-electron chi connectivity index (χ4n) is 4.43. The fraction of sp³-hybridized carbons (Fsp3) is 0.480. The highest BCUT2D eigenvalue weighted by Crippen LogP contribution is 2.23. The van der Waals surface area contributed by atoms with Crippen LogP contribution in [0.4, 0.5) is 11.4 Å². The molecule has 11 heteroatoms. The molecule has 1 aliphatic rings. The summed E-state index contributed by atoms with van der Waals surface area (Å²) in [5.41, 5.74) is 1.10. The molecule has 0 bridgehead atoms. The van der Waals surface area contributed by atoms with E-state index in [0.29, 0.717) is 17.9 Å². The Kier molecular flexibility index (Phi) is 7.87. The lowest BCUT2D eigenvalue weighted by Gasteiger charge is -2.20. The number of unbranched alkanes of at least 4 members (excludes halogenated alkanes) is 1. The molecule has 11 nitrogen and oxygen atoms in total. The van der Waals surface area contributed by atoms with Crippen molar-refractivity contribution in [3.05, 3.63) is 50.9 Å². The predicted molar refractivity (Wildman–Crippen MR) is 138 cm³/mol. The summed E-state index contributed by atoms with van der Waals surface area (Å²) < 4.78 is 1.24. The van der Waals surface area contributed by atoms with Gasteiger partial charge in [-0.1, -0.05) is 25.8 Å². The number of imidazole rings is 1. The summed E-state index contributed by atoms with van der Waals surface area (Å²) in [6.45, 7) is 4.07. The van der Waals surface area contributed by atoms with Gasteiger partial charge in [0, 0.05) is 44.4 Å². The summed E-state index contributed by atoms with van der Waals surface area (Å²) >= 11 is 0. The first-order chi connectivity index (χ1) is 17.4. The molecule has 2 aromatic heterocycles. The molecule has 1 aliphatic heterocycles. The largest absolute Gasteiger partial charge is 0.371 e. The molecule has 3 heterocycles. The van der Waals surface area contributed by atoms with E-state index in [1.54, 1.807) is 0 Å². The van der Waals surface area contributed by atoms with Crippen LogP contribution in [0.5, 0.6) is 0 Å². The van der Waals surface area contributed by atoms with Crippen LogP contribution in [-0.4, -0.2) is 50.5 Å². The lowest BCUT2D eigenvalue weighted by atomic mass is 10.1. The van der Waals surface area contributed by atoms with Crippen molar-refractivity contribution < 1.29 is 9.59 Å². The van der Waals surface area contributed by atoms with Crippen molar-refractivity contribution in [3.8, 4) is 0 Å². The molecular weight excluding hydrogens is 462 g/mol. The second-order valence-electron chi connectivity index (χ2n) is 9.20. The van der Waals surface area contributed by atoms with Gasteiger partial charge in [0.15, 0.2) is 5.65 Å². The molecule has 0 radical (unpaired) electrons. The number of hydrogen-bond acceptors (Lipinski definition) is 6. The number of amides is 2. The first-order valence-corrected chi connectivity index (χ1v) is 12.5. The van der Waals surface area contributed by atoms with E-state index in [1.807, 2.05) is 31.2 Å². The lowest BCUT2D eigenvalue weighted by molar-refractivity contribution is -0.126. The Bertz CT molecular complexity index is 1350. The predicted octanol–water partition coefficient (Wildman–Crippen LogP) is 1.80. The van der Waals surface area contributed by atoms with Gasteiger partial charge < -0.3 is 20.5 Å². The lowest BCUT2D eigenvalue weighted by Crippen LogP contribution is -2.43. The highest BCUT2D eigenvalue weighted by Gasteiger charge is 2.21. The van der Waals surface area contributed by atoms with Crippen LogP contribution in [0, 0.1) is 0 Å². The van der Waals surface area contributed by atoms with E-state index in [9.17, 15) is 19.2 Å². The van der Waals surface area contributed by atoms with Crippen molar-refractivity contribution in [2.75, 3.05) is 23.3 Å². The molecule has 0 unspecified atom stereocenters. The molecule has 1 fully saturated rings. The van der Waals surface area contributed by atoms with E-state index >= 15 is 0 Å². The molecule has 1 aromatic carbocycles. The number of hydrogen-bond donors (Lipinski definition) is 4. The van der Waals surface area contributed by atoms with E-state index in [2.05, 4.69) is 30.5 Å². The summed E-state index contributed by atoms with van der Waals surface area (Å²) in [7, 11) is 1.51. The molecule has 0 saturated carbocycles. The minimum atomic E-state index is -0.660. The Morgan fingerprint density at radius 2 is 1.94 bits per heavy atom. The number of fused-ring (bicyclic) bond motifs is 1. The zero-order chi connectivity index (χ0) is 25.7. The normalized spacial score (nSPS) is 14.2. The zero-order valence-electron chi connectivity index (χ0n) is 20.7. The summed E-state index contributed by atoms with van der Waals surface area (Å²) in [5.74, 6) is -0.124. The second-order valence-corrected chi connectivity index (χ2v) is 9.20. The summed E-state index contributed by atoms with van der Waals surface area (Å²) in [4.78, 5) is 61.2. The first kappa shape index (κ1) is 25.2. The average Bonchev–Trinajstić information content (AvgIpc) is 3.55. The molecule has 0 aliphatic carbocycles. The number of H-pyrrole nitrogens is 2. The smallest absolute Gasteiger partial charge is 0.329 e.